The minimum atomic E-state index is -0.430. The molecule has 1 atom stereocenters. The first-order valence-electron chi connectivity index (χ1n) is 10.4. The van der Waals surface area contributed by atoms with Gasteiger partial charge in [-0.1, -0.05) is 26.0 Å². The van der Waals surface area contributed by atoms with Crippen molar-refractivity contribution >= 4 is 23.0 Å². The molecule has 1 unspecified atom stereocenters. The Bertz CT molecular complexity index is 922. The maximum Gasteiger partial charge on any atom is 0.237 e. The lowest BCUT2D eigenvalue weighted by Gasteiger charge is -2.16. The summed E-state index contributed by atoms with van der Waals surface area (Å²) >= 11 is 0. The van der Waals surface area contributed by atoms with Crippen molar-refractivity contribution in [3.63, 3.8) is 0 Å². The van der Waals surface area contributed by atoms with Crippen LogP contribution in [0.25, 0.3) is 0 Å². The Balaban J connectivity index is 1.88. The van der Waals surface area contributed by atoms with E-state index < -0.39 is 5.92 Å². The van der Waals surface area contributed by atoms with Crippen LogP contribution in [0.1, 0.15) is 43.7 Å². The second-order valence-electron chi connectivity index (χ2n) is 7.58. The molecule has 6 heteroatoms. The molecular formula is C24H31N3O3. The Morgan fingerprint density at radius 2 is 1.77 bits per heavy atom. The molecule has 1 amide bonds. The average Bonchev–Trinajstić information content (AvgIpc) is 3.06. The van der Waals surface area contributed by atoms with Crippen molar-refractivity contribution in [2.75, 3.05) is 33.1 Å². The number of rotatable bonds is 9. The van der Waals surface area contributed by atoms with E-state index in [1.165, 1.54) is 5.56 Å². The Kier molecular flexibility index (Phi) is 7.11. The van der Waals surface area contributed by atoms with Crippen LogP contribution in [0.4, 0.5) is 11.4 Å². The number of ether oxygens (including phenoxy) is 2. The van der Waals surface area contributed by atoms with Gasteiger partial charge in [-0.3, -0.25) is 9.79 Å². The fraction of sp³-hybridized carbons (Fsp3) is 0.417. The van der Waals surface area contributed by atoms with Crippen molar-refractivity contribution in [1.29, 1.82) is 0 Å². The summed E-state index contributed by atoms with van der Waals surface area (Å²) in [7, 11) is 5.31. The third-order valence-corrected chi connectivity index (χ3v) is 5.35. The molecule has 3 rings (SSSR count). The number of fused-ring (bicyclic) bond motifs is 1. The molecule has 0 bridgehead atoms. The molecule has 0 aliphatic carbocycles. The molecule has 30 heavy (non-hydrogen) atoms. The molecule has 1 aliphatic heterocycles. The van der Waals surface area contributed by atoms with Gasteiger partial charge in [0.2, 0.25) is 5.91 Å². The maximum atomic E-state index is 12.8. The van der Waals surface area contributed by atoms with Gasteiger partial charge < -0.3 is 19.7 Å². The van der Waals surface area contributed by atoms with Crippen LogP contribution in [0.5, 0.6) is 11.5 Å². The van der Waals surface area contributed by atoms with Gasteiger partial charge in [-0.25, -0.2) is 0 Å². The van der Waals surface area contributed by atoms with Crippen molar-refractivity contribution in [2.45, 2.75) is 39.2 Å². The predicted molar refractivity (Wildman–Crippen MR) is 121 cm³/mol. The number of nitrogens with zero attached hydrogens (tertiary/aromatic N) is 2. The summed E-state index contributed by atoms with van der Waals surface area (Å²) in [4.78, 5) is 19.9. The summed E-state index contributed by atoms with van der Waals surface area (Å²) < 4.78 is 10.8. The lowest BCUT2D eigenvalue weighted by Crippen LogP contribution is -2.20. The average molecular weight is 410 g/mol. The molecule has 1 aliphatic rings. The highest BCUT2D eigenvalue weighted by atomic mass is 16.5. The van der Waals surface area contributed by atoms with Gasteiger partial charge in [0, 0.05) is 24.0 Å². The van der Waals surface area contributed by atoms with E-state index in [4.69, 9.17) is 14.5 Å². The van der Waals surface area contributed by atoms with Crippen molar-refractivity contribution in [3.8, 4) is 11.5 Å². The third kappa shape index (κ3) is 4.65. The van der Waals surface area contributed by atoms with Crippen molar-refractivity contribution in [3.05, 3.63) is 47.5 Å². The highest BCUT2D eigenvalue weighted by Crippen LogP contribution is 2.42. The van der Waals surface area contributed by atoms with Gasteiger partial charge >= 0.3 is 0 Å². The molecule has 160 valence electrons. The van der Waals surface area contributed by atoms with Gasteiger partial charge in [0.05, 0.1) is 19.9 Å². The van der Waals surface area contributed by atoms with Crippen molar-refractivity contribution in [2.24, 2.45) is 4.99 Å². The number of anilines is 1. The summed E-state index contributed by atoms with van der Waals surface area (Å²) in [5.74, 6) is 0.698. The minimum absolute atomic E-state index is 0.0706. The monoisotopic (exact) mass is 409 g/mol. The van der Waals surface area contributed by atoms with E-state index in [1.807, 2.05) is 25.1 Å². The normalized spacial score (nSPS) is 15.9. The van der Waals surface area contributed by atoms with Crippen molar-refractivity contribution in [1.82, 2.24) is 4.90 Å². The number of amides is 1. The van der Waals surface area contributed by atoms with Crippen LogP contribution >= 0.6 is 0 Å². The summed E-state index contributed by atoms with van der Waals surface area (Å²) in [5.41, 5.74) is 4.56. The summed E-state index contributed by atoms with van der Waals surface area (Å²) in [6, 6.07) is 11.9. The Labute approximate surface area is 178 Å². The fourth-order valence-electron chi connectivity index (χ4n) is 3.88. The second kappa shape index (κ2) is 9.76. The highest BCUT2D eigenvalue weighted by Gasteiger charge is 2.35. The number of nitrogens with one attached hydrogen (secondary N) is 1. The quantitative estimate of drug-likeness (QED) is 0.606. The zero-order valence-corrected chi connectivity index (χ0v) is 18.5. The van der Waals surface area contributed by atoms with Crippen molar-refractivity contribution < 1.29 is 14.3 Å². The van der Waals surface area contributed by atoms with E-state index in [2.05, 4.69) is 36.3 Å². The molecule has 6 nitrogen and oxygen atoms in total. The molecule has 0 aromatic heterocycles. The topological polar surface area (TPSA) is 63.2 Å². The molecule has 1 N–H and O–H groups in total. The number of hydrogen-bond acceptors (Lipinski definition) is 5. The predicted octanol–water partition coefficient (Wildman–Crippen LogP) is 4.76. The van der Waals surface area contributed by atoms with Crippen LogP contribution in [0, 0.1) is 0 Å². The van der Waals surface area contributed by atoms with E-state index in [0.29, 0.717) is 17.9 Å². The Morgan fingerprint density at radius 3 is 2.37 bits per heavy atom. The molecule has 0 spiro atoms. The highest BCUT2D eigenvalue weighted by molar-refractivity contribution is 6.19. The summed E-state index contributed by atoms with van der Waals surface area (Å²) in [5, 5.41) is 2.96. The number of aliphatic imine (C=N–C) groups is 1. The lowest BCUT2D eigenvalue weighted by molar-refractivity contribution is -0.115. The van der Waals surface area contributed by atoms with E-state index >= 15 is 0 Å². The van der Waals surface area contributed by atoms with Crippen LogP contribution in [0.3, 0.4) is 0 Å². The van der Waals surface area contributed by atoms with E-state index in [1.54, 1.807) is 20.3 Å². The van der Waals surface area contributed by atoms with Crippen LogP contribution in [-0.2, 0) is 11.3 Å². The van der Waals surface area contributed by atoms with Gasteiger partial charge in [0.25, 0.3) is 0 Å². The number of carbonyl (C=O) groups excluding carboxylic acids is 1. The largest absolute Gasteiger partial charge is 0.493 e. The Morgan fingerprint density at radius 1 is 1.10 bits per heavy atom. The van der Waals surface area contributed by atoms with E-state index in [0.717, 1.165) is 42.2 Å². The van der Waals surface area contributed by atoms with Gasteiger partial charge in [-0.15, -0.1) is 0 Å². The van der Waals surface area contributed by atoms with Gasteiger partial charge in [-0.05, 0) is 55.8 Å². The molecule has 0 radical (unpaired) electrons. The molecule has 0 saturated carbocycles. The molecular weight excluding hydrogens is 378 g/mol. The fourth-order valence-corrected chi connectivity index (χ4v) is 3.88. The number of carbonyl (C=O) groups is 1. The molecule has 2 aromatic rings. The smallest absolute Gasteiger partial charge is 0.237 e. The zero-order chi connectivity index (χ0) is 21.7. The number of hydrogen-bond donors (Lipinski definition) is 1. The molecule has 0 saturated heterocycles. The van der Waals surface area contributed by atoms with Crippen LogP contribution in [0.15, 0.2) is 41.4 Å². The summed E-state index contributed by atoms with van der Waals surface area (Å²) in [6.07, 6.45) is 1.81. The first-order chi connectivity index (χ1) is 14.5. The molecule has 0 fully saturated rings. The van der Waals surface area contributed by atoms with Gasteiger partial charge in [0.15, 0.2) is 11.5 Å². The second-order valence-corrected chi connectivity index (χ2v) is 7.58. The Hall–Kier alpha value is -2.86. The molecule has 2 aromatic carbocycles. The lowest BCUT2D eigenvalue weighted by atomic mass is 9.93. The first-order valence-corrected chi connectivity index (χ1v) is 10.4. The van der Waals surface area contributed by atoms with Gasteiger partial charge in [0.1, 0.15) is 5.92 Å². The maximum absolute atomic E-state index is 12.8. The first kappa shape index (κ1) is 21.8. The number of methoxy groups -OCH3 is 2. The number of benzene rings is 2. The van der Waals surface area contributed by atoms with E-state index in [9.17, 15) is 4.79 Å². The van der Waals surface area contributed by atoms with E-state index in [-0.39, 0.29) is 5.91 Å². The third-order valence-electron chi connectivity index (χ3n) is 5.35. The molecule has 1 heterocycles. The van der Waals surface area contributed by atoms with Crippen LogP contribution < -0.4 is 14.8 Å². The standard InChI is InChI=1S/C24H31N3O3/c1-6-12-27(3)15-16-8-10-17(11-9-16)25-19(7-2)23-18-13-21(29-4)22(30-5)14-20(18)26-24(23)28/h8-11,13-14,23H,6-7,12,15H2,1-5H3,(H,26,28). The summed E-state index contributed by atoms with van der Waals surface area (Å²) in [6.45, 7) is 6.20. The van der Waals surface area contributed by atoms with Crippen LogP contribution in [0.2, 0.25) is 0 Å². The zero-order valence-electron chi connectivity index (χ0n) is 18.5. The minimum Gasteiger partial charge on any atom is -0.493 e. The SMILES string of the molecule is CCCN(C)Cc1ccc(N=C(CC)C2C(=O)Nc3cc(OC)c(OC)cc32)cc1. The van der Waals surface area contributed by atoms with Crippen LogP contribution in [-0.4, -0.2) is 44.3 Å². The van der Waals surface area contributed by atoms with Gasteiger partial charge in [-0.2, -0.15) is 0 Å².